The van der Waals surface area contributed by atoms with Crippen molar-refractivity contribution in [1.82, 2.24) is 5.32 Å². The molecule has 9 heteroatoms. The van der Waals surface area contributed by atoms with Crippen LogP contribution in [0.4, 0.5) is 0 Å². The SMILES string of the molecule is COc1cc(OC)c(OC)cc1CNCc1ccco1.O=C(O)C(=O)O. The summed E-state index contributed by atoms with van der Waals surface area (Å²) >= 11 is 0. The van der Waals surface area contributed by atoms with Gasteiger partial charge in [0.2, 0.25) is 0 Å². The molecule has 0 atom stereocenters. The van der Waals surface area contributed by atoms with Crippen LogP contribution in [0.3, 0.4) is 0 Å². The van der Waals surface area contributed by atoms with E-state index in [1.165, 1.54) is 0 Å². The van der Waals surface area contributed by atoms with Crippen LogP contribution in [0.15, 0.2) is 34.9 Å². The number of nitrogens with one attached hydrogen (secondary N) is 1. The summed E-state index contributed by atoms with van der Waals surface area (Å²) in [6.07, 6.45) is 1.66. The third kappa shape index (κ3) is 6.36. The normalized spacial score (nSPS) is 9.65. The van der Waals surface area contributed by atoms with Crippen LogP contribution in [0.5, 0.6) is 17.2 Å². The molecule has 0 bridgehead atoms. The van der Waals surface area contributed by atoms with Crippen molar-refractivity contribution < 1.29 is 38.4 Å². The maximum atomic E-state index is 9.10. The number of hydrogen-bond donors (Lipinski definition) is 3. The summed E-state index contributed by atoms with van der Waals surface area (Å²) in [5, 5.41) is 18.1. The van der Waals surface area contributed by atoms with Crippen molar-refractivity contribution in [2.75, 3.05) is 21.3 Å². The number of carboxylic acid groups (broad SMARTS) is 2. The molecule has 26 heavy (non-hydrogen) atoms. The van der Waals surface area contributed by atoms with Gasteiger partial charge in [0.25, 0.3) is 0 Å². The van der Waals surface area contributed by atoms with Crippen LogP contribution in [-0.4, -0.2) is 43.5 Å². The molecule has 0 fully saturated rings. The summed E-state index contributed by atoms with van der Waals surface area (Å²) in [7, 11) is 4.85. The van der Waals surface area contributed by atoms with Gasteiger partial charge in [-0.3, -0.25) is 0 Å². The zero-order chi connectivity index (χ0) is 19.5. The molecule has 3 N–H and O–H groups in total. The number of carboxylic acids is 2. The summed E-state index contributed by atoms with van der Waals surface area (Å²) in [5.41, 5.74) is 0.997. The smallest absolute Gasteiger partial charge is 0.414 e. The van der Waals surface area contributed by atoms with Crippen molar-refractivity contribution in [2.45, 2.75) is 13.1 Å². The van der Waals surface area contributed by atoms with Crippen LogP contribution < -0.4 is 19.5 Å². The Bertz CT molecular complexity index is 700. The fourth-order valence-corrected chi connectivity index (χ4v) is 1.96. The molecule has 0 unspecified atom stereocenters. The summed E-state index contributed by atoms with van der Waals surface area (Å²) in [6.45, 7) is 1.30. The Labute approximate surface area is 150 Å². The predicted molar refractivity (Wildman–Crippen MR) is 90.6 cm³/mol. The number of aliphatic carboxylic acids is 2. The van der Waals surface area contributed by atoms with Crippen molar-refractivity contribution in [3.63, 3.8) is 0 Å². The van der Waals surface area contributed by atoms with E-state index in [1.807, 2.05) is 24.3 Å². The van der Waals surface area contributed by atoms with Gasteiger partial charge in [0, 0.05) is 18.2 Å². The van der Waals surface area contributed by atoms with Crippen molar-refractivity contribution >= 4 is 11.9 Å². The minimum absolute atomic E-state index is 0.643. The first-order chi connectivity index (χ1) is 12.4. The lowest BCUT2D eigenvalue weighted by Gasteiger charge is -2.14. The van der Waals surface area contributed by atoms with E-state index >= 15 is 0 Å². The lowest BCUT2D eigenvalue weighted by atomic mass is 10.1. The molecule has 2 rings (SSSR count). The second-order valence-corrected chi connectivity index (χ2v) is 4.81. The van der Waals surface area contributed by atoms with Gasteiger partial charge in [-0.15, -0.1) is 0 Å². The van der Waals surface area contributed by atoms with Crippen molar-refractivity contribution in [3.8, 4) is 17.2 Å². The van der Waals surface area contributed by atoms with Crippen LogP contribution in [0.2, 0.25) is 0 Å². The number of carbonyl (C=O) groups is 2. The molecule has 1 aromatic heterocycles. The lowest BCUT2D eigenvalue weighted by molar-refractivity contribution is -0.159. The van der Waals surface area contributed by atoms with Crippen LogP contribution in [0, 0.1) is 0 Å². The molecule has 0 aliphatic rings. The molecule has 0 saturated carbocycles. The van der Waals surface area contributed by atoms with Crippen molar-refractivity contribution in [1.29, 1.82) is 0 Å². The van der Waals surface area contributed by atoms with Gasteiger partial charge in [0.15, 0.2) is 11.5 Å². The summed E-state index contributed by atoms with van der Waals surface area (Å²) in [4.78, 5) is 18.2. The van der Waals surface area contributed by atoms with Gasteiger partial charge in [0.05, 0.1) is 34.1 Å². The summed E-state index contributed by atoms with van der Waals surface area (Å²) in [5.74, 6) is -0.661. The molecule has 0 spiro atoms. The molecule has 0 aliphatic heterocycles. The number of furan rings is 1. The molecule has 0 amide bonds. The Morgan fingerprint density at radius 1 is 0.962 bits per heavy atom. The Kier molecular flexibility index (Phi) is 8.51. The van der Waals surface area contributed by atoms with Crippen LogP contribution in [0.1, 0.15) is 11.3 Å². The summed E-state index contributed by atoms with van der Waals surface area (Å²) < 4.78 is 21.2. The average Bonchev–Trinajstić information content (AvgIpc) is 3.15. The number of ether oxygens (including phenoxy) is 3. The van der Waals surface area contributed by atoms with Gasteiger partial charge >= 0.3 is 11.9 Å². The minimum atomic E-state index is -1.82. The molecule has 0 saturated heterocycles. The van der Waals surface area contributed by atoms with E-state index in [2.05, 4.69) is 5.32 Å². The van der Waals surface area contributed by atoms with Crippen LogP contribution in [-0.2, 0) is 22.7 Å². The third-order valence-corrected chi connectivity index (χ3v) is 3.16. The quantitative estimate of drug-likeness (QED) is 0.627. The van der Waals surface area contributed by atoms with E-state index in [1.54, 1.807) is 27.6 Å². The van der Waals surface area contributed by atoms with E-state index in [4.69, 9.17) is 38.4 Å². The minimum Gasteiger partial charge on any atom is -0.496 e. The topological polar surface area (TPSA) is 127 Å². The van der Waals surface area contributed by atoms with E-state index in [0.29, 0.717) is 24.6 Å². The molecule has 142 valence electrons. The molecule has 2 aromatic rings. The maximum absolute atomic E-state index is 9.10. The Hall–Kier alpha value is -3.20. The zero-order valence-electron chi connectivity index (χ0n) is 14.6. The highest BCUT2D eigenvalue weighted by Gasteiger charge is 2.11. The van der Waals surface area contributed by atoms with Crippen LogP contribution >= 0.6 is 0 Å². The Balaban J connectivity index is 0.000000487. The molecule has 0 aliphatic carbocycles. The second kappa shape index (κ2) is 10.6. The molecular formula is C17H21NO8. The fraction of sp³-hybridized carbons (Fsp3) is 0.294. The highest BCUT2D eigenvalue weighted by molar-refractivity contribution is 6.27. The molecular weight excluding hydrogens is 346 g/mol. The van der Waals surface area contributed by atoms with Crippen LogP contribution in [0.25, 0.3) is 0 Å². The largest absolute Gasteiger partial charge is 0.496 e. The van der Waals surface area contributed by atoms with Gasteiger partial charge in [-0.1, -0.05) is 0 Å². The average molecular weight is 367 g/mol. The molecule has 0 radical (unpaired) electrons. The van der Waals surface area contributed by atoms with E-state index < -0.39 is 11.9 Å². The molecule has 1 heterocycles. The van der Waals surface area contributed by atoms with E-state index in [-0.39, 0.29) is 0 Å². The van der Waals surface area contributed by atoms with Crippen molar-refractivity contribution in [3.05, 3.63) is 41.9 Å². The molecule has 1 aromatic carbocycles. The monoisotopic (exact) mass is 367 g/mol. The van der Waals surface area contributed by atoms with Gasteiger partial charge in [-0.25, -0.2) is 9.59 Å². The van der Waals surface area contributed by atoms with Gasteiger partial charge in [0.1, 0.15) is 11.5 Å². The Morgan fingerprint density at radius 2 is 1.54 bits per heavy atom. The van der Waals surface area contributed by atoms with Crippen molar-refractivity contribution in [2.24, 2.45) is 0 Å². The standard InChI is InChI=1S/C15H19NO4.C2H2O4/c1-17-13-8-15(19-3)14(18-2)7-11(13)9-16-10-12-5-4-6-20-12;3-1(4)2(5)6/h4-8,16H,9-10H2,1-3H3;(H,3,4)(H,5,6). The first-order valence-electron chi connectivity index (χ1n) is 7.41. The number of methoxy groups -OCH3 is 3. The van der Waals surface area contributed by atoms with Gasteiger partial charge < -0.3 is 34.2 Å². The van der Waals surface area contributed by atoms with Gasteiger partial charge in [-0.2, -0.15) is 0 Å². The maximum Gasteiger partial charge on any atom is 0.414 e. The van der Waals surface area contributed by atoms with Gasteiger partial charge in [-0.05, 0) is 18.2 Å². The second-order valence-electron chi connectivity index (χ2n) is 4.81. The number of benzene rings is 1. The van der Waals surface area contributed by atoms with E-state index in [9.17, 15) is 0 Å². The predicted octanol–water partition coefficient (Wildman–Crippen LogP) is 1.75. The first-order valence-corrected chi connectivity index (χ1v) is 7.41. The molecule has 9 nitrogen and oxygen atoms in total. The highest BCUT2D eigenvalue weighted by atomic mass is 16.5. The summed E-state index contributed by atoms with van der Waals surface area (Å²) in [6, 6.07) is 7.53. The van der Waals surface area contributed by atoms with E-state index in [0.717, 1.165) is 17.1 Å². The Morgan fingerprint density at radius 3 is 2.00 bits per heavy atom. The zero-order valence-corrected chi connectivity index (χ0v) is 14.6. The third-order valence-electron chi connectivity index (χ3n) is 3.16. The first kappa shape index (κ1) is 20.8. The fourth-order valence-electron chi connectivity index (χ4n) is 1.96. The number of rotatable bonds is 7. The lowest BCUT2D eigenvalue weighted by Crippen LogP contribution is -2.13. The highest BCUT2D eigenvalue weighted by Crippen LogP contribution is 2.34. The number of hydrogen-bond acceptors (Lipinski definition) is 7.